The van der Waals surface area contributed by atoms with Crippen molar-refractivity contribution in [3.05, 3.63) is 0 Å². The first kappa shape index (κ1) is 13.2. The van der Waals surface area contributed by atoms with Crippen LogP contribution in [0.1, 0.15) is 32.1 Å². The Morgan fingerprint density at radius 2 is 2.11 bits per heavy atom. The fourth-order valence-electron chi connectivity index (χ4n) is 3.92. The summed E-state index contributed by atoms with van der Waals surface area (Å²) >= 11 is 2.06. The van der Waals surface area contributed by atoms with E-state index in [0.29, 0.717) is 12.1 Å². The van der Waals surface area contributed by atoms with E-state index in [1.807, 2.05) is 7.11 Å². The lowest BCUT2D eigenvalue weighted by atomic mass is 9.75. The highest BCUT2D eigenvalue weighted by molar-refractivity contribution is 7.99. The third kappa shape index (κ3) is 2.45. The van der Waals surface area contributed by atoms with Crippen LogP contribution in [0.2, 0.25) is 0 Å². The number of rotatable bonds is 2. The molecule has 1 aliphatic carbocycles. The summed E-state index contributed by atoms with van der Waals surface area (Å²) < 4.78 is 11.7. The Bertz CT molecular complexity index is 273. The first-order valence-corrected chi connectivity index (χ1v) is 8.47. The van der Waals surface area contributed by atoms with Crippen molar-refractivity contribution in [2.45, 2.75) is 49.9 Å². The molecule has 3 aliphatic rings. The lowest BCUT2D eigenvalue weighted by Gasteiger charge is -2.47. The SMILES string of the molecule is COC1CCC(C2NCCOC23CCSC3)CC1. The Kier molecular flexibility index (Phi) is 4.18. The van der Waals surface area contributed by atoms with E-state index in [2.05, 4.69) is 17.1 Å². The van der Waals surface area contributed by atoms with Crippen LogP contribution in [-0.2, 0) is 9.47 Å². The second-order valence-electron chi connectivity index (χ2n) is 5.92. The van der Waals surface area contributed by atoms with Crippen LogP contribution < -0.4 is 5.32 Å². The van der Waals surface area contributed by atoms with Gasteiger partial charge in [0.2, 0.25) is 0 Å². The summed E-state index contributed by atoms with van der Waals surface area (Å²) in [5.74, 6) is 3.25. The van der Waals surface area contributed by atoms with Gasteiger partial charge in [0.25, 0.3) is 0 Å². The van der Waals surface area contributed by atoms with Crippen LogP contribution in [-0.4, -0.2) is 49.5 Å². The van der Waals surface area contributed by atoms with Crippen LogP contribution >= 0.6 is 11.8 Å². The number of thioether (sulfide) groups is 1. The molecule has 2 saturated heterocycles. The molecular weight excluding hydrogens is 246 g/mol. The van der Waals surface area contributed by atoms with Crippen LogP contribution in [0.3, 0.4) is 0 Å². The average molecular weight is 271 g/mol. The highest BCUT2D eigenvalue weighted by Gasteiger charge is 2.48. The van der Waals surface area contributed by atoms with Crippen molar-refractivity contribution in [1.29, 1.82) is 0 Å². The molecule has 0 aromatic heterocycles. The van der Waals surface area contributed by atoms with E-state index < -0.39 is 0 Å². The average Bonchev–Trinajstić information content (AvgIpc) is 2.88. The molecule has 0 amide bonds. The molecule has 2 aliphatic heterocycles. The van der Waals surface area contributed by atoms with Gasteiger partial charge >= 0.3 is 0 Å². The Labute approximate surface area is 114 Å². The summed E-state index contributed by atoms with van der Waals surface area (Å²) in [6.07, 6.45) is 6.78. The summed E-state index contributed by atoms with van der Waals surface area (Å²) in [5.41, 5.74) is 0.146. The predicted molar refractivity (Wildman–Crippen MR) is 75.2 cm³/mol. The van der Waals surface area contributed by atoms with Crippen molar-refractivity contribution >= 4 is 11.8 Å². The minimum absolute atomic E-state index is 0.146. The van der Waals surface area contributed by atoms with Gasteiger partial charge in [0.1, 0.15) is 0 Å². The Morgan fingerprint density at radius 1 is 1.28 bits per heavy atom. The first-order chi connectivity index (χ1) is 8.84. The van der Waals surface area contributed by atoms with Crippen LogP contribution in [0.25, 0.3) is 0 Å². The Hall–Kier alpha value is 0.230. The van der Waals surface area contributed by atoms with Gasteiger partial charge in [-0.05, 0) is 43.8 Å². The van der Waals surface area contributed by atoms with Gasteiger partial charge in [-0.3, -0.25) is 0 Å². The molecule has 2 heterocycles. The minimum atomic E-state index is 0.146. The van der Waals surface area contributed by atoms with Gasteiger partial charge in [0, 0.05) is 25.4 Å². The molecule has 0 aromatic rings. The fraction of sp³-hybridized carbons (Fsp3) is 1.00. The summed E-state index contributed by atoms with van der Waals surface area (Å²) in [5, 5.41) is 3.78. The molecule has 0 bridgehead atoms. The molecule has 3 nitrogen and oxygen atoms in total. The zero-order valence-corrected chi connectivity index (χ0v) is 12.1. The normalized spacial score (nSPS) is 45.5. The van der Waals surface area contributed by atoms with E-state index in [-0.39, 0.29) is 5.60 Å². The highest BCUT2D eigenvalue weighted by Crippen LogP contribution is 2.42. The summed E-state index contributed by atoms with van der Waals surface area (Å²) in [4.78, 5) is 0. The molecule has 104 valence electrons. The number of nitrogens with one attached hydrogen (secondary N) is 1. The second kappa shape index (κ2) is 5.70. The molecule has 0 radical (unpaired) electrons. The monoisotopic (exact) mass is 271 g/mol. The molecule has 18 heavy (non-hydrogen) atoms. The van der Waals surface area contributed by atoms with Gasteiger partial charge in [-0.25, -0.2) is 0 Å². The Morgan fingerprint density at radius 3 is 2.78 bits per heavy atom. The number of morpholine rings is 1. The van der Waals surface area contributed by atoms with E-state index in [9.17, 15) is 0 Å². The zero-order valence-electron chi connectivity index (χ0n) is 11.3. The molecule has 1 spiro atoms. The van der Waals surface area contributed by atoms with Crippen molar-refractivity contribution in [3.8, 4) is 0 Å². The van der Waals surface area contributed by atoms with Gasteiger partial charge in [-0.15, -0.1) is 0 Å². The lowest BCUT2D eigenvalue weighted by Crippen LogP contribution is -2.61. The van der Waals surface area contributed by atoms with E-state index in [0.717, 1.165) is 19.1 Å². The Balaban J connectivity index is 1.66. The number of ether oxygens (including phenoxy) is 2. The van der Waals surface area contributed by atoms with Crippen molar-refractivity contribution in [1.82, 2.24) is 5.32 Å². The van der Waals surface area contributed by atoms with Gasteiger partial charge in [-0.1, -0.05) is 0 Å². The van der Waals surface area contributed by atoms with Gasteiger partial charge in [0.05, 0.1) is 18.3 Å². The predicted octanol–water partition coefficient (Wildman–Crippen LogP) is 2.06. The lowest BCUT2D eigenvalue weighted by molar-refractivity contribution is -0.100. The smallest absolute Gasteiger partial charge is 0.0935 e. The third-order valence-electron chi connectivity index (χ3n) is 4.96. The van der Waals surface area contributed by atoms with Gasteiger partial charge < -0.3 is 14.8 Å². The molecule has 2 atom stereocenters. The third-order valence-corrected chi connectivity index (χ3v) is 6.15. The van der Waals surface area contributed by atoms with Crippen LogP contribution in [0.15, 0.2) is 0 Å². The molecule has 3 rings (SSSR count). The maximum absolute atomic E-state index is 6.23. The summed E-state index contributed by atoms with van der Waals surface area (Å²) in [7, 11) is 1.85. The van der Waals surface area contributed by atoms with Crippen LogP contribution in [0.4, 0.5) is 0 Å². The molecule has 4 heteroatoms. The van der Waals surface area contributed by atoms with Crippen molar-refractivity contribution in [2.24, 2.45) is 5.92 Å². The van der Waals surface area contributed by atoms with Gasteiger partial charge in [0.15, 0.2) is 0 Å². The van der Waals surface area contributed by atoms with E-state index in [4.69, 9.17) is 9.47 Å². The standard InChI is InChI=1S/C14H25NO2S/c1-16-12-4-2-11(3-5-12)13-14(6-9-18-10-14)17-8-7-15-13/h11-13,15H,2-10H2,1H3. The first-order valence-electron chi connectivity index (χ1n) is 7.32. The number of hydrogen-bond donors (Lipinski definition) is 1. The largest absolute Gasteiger partial charge is 0.381 e. The summed E-state index contributed by atoms with van der Waals surface area (Å²) in [6.45, 7) is 1.92. The van der Waals surface area contributed by atoms with E-state index >= 15 is 0 Å². The fourth-order valence-corrected chi connectivity index (χ4v) is 5.31. The van der Waals surface area contributed by atoms with Crippen LogP contribution in [0, 0.1) is 5.92 Å². The molecule has 1 saturated carbocycles. The van der Waals surface area contributed by atoms with Crippen molar-refractivity contribution in [3.63, 3.8) is 0 Å². The molecule has 0 aromatic carbocycles. The number of methoxy groups -OCH3 is 1. The quantitative estimate of drug-likeness (QED) is 0.833. The highest BCUT2D eigenvalue weighted by atomic mass is 32.2. The van der Waals surface area contributed by atoms with E-state index in [1.165, 1.54) is 43.6 Å². The molecule has 2 unspecified atom stereocenters. The van der Waals surface area contributed by atoms with Crippen molar-refractivity contribution in [2.75, 3.05) is 31.8 Å². The number of hydrogen-bond acceptors (Lipinski definition) is 4. The molecule has 3 fully saturated rings. The van der Waals surface area contributed by atoms with Crippen LogP contribution in [0.5, 0.6) is 0 Å². The maximum atomic E-state index is 6.23. The zero-order chi connectivity index (χ0) is 12.4. The van der Waals surface area contributed by atoms with Crippen molar-refractivity contribution < 1.29 is 9.47 Å². The second-order valence-corrected chi connectivity index (χ2v) is 7.03. The topological polar surface area (TPSA) is 30.5 Å². The van der Waals surface area contributed by atoms with Gasteiger partial charge in [-0.2, -0.15) is 11.8 Å². The summed E-state index contributed by atoms with van der Waals surface area (Å²) in [6, 6.07) is 0.582. The van der Waals surface area contributed by atoms with E-state index in [1.54, 1.807) is 0 Å². The maximum Gasteiger partial charge on any atom is 0.0935 e. The molecule has 1 N–H and O–H groups in total. The molecular formula is C14H25NO2S. The minimum Gasteiger partial charge on any atom is -0.381 e.